The number of carbonyl (C=O) groups is 1. The van der Waals surface area contributed by atoms with Crippen LogP contribution in [0.4, 0.5) is 0 Å². The highest BCUT2D eigenvalue weighted by Gasteiger charge is 2.39. The van der Waals surface area contributed by atoms with Crippen LogP contribution in [0.15, 0.2) is 16.3 Å². The molecule has 1 aliphatic heterocycles. The highest BCUT2D eigenvalue weighted by Crippen LogP contribution is 2.37. The van der Waals surface area contributed by atoms with Crippen LogP contribution in [-0.2, 0) is 11.3 Å². The van der Waals surface area contributed by atoms with E-state index in [1.54, 1.807) is 19.1 Å². The number of carbonyl (C=O) groups excluding carboxylic acids is 1. The summed E-state index contributed by atoms with van der Waals surface area (Å²) in [5, 5.41) is 8.13. The summed E-state index contributed by atoms with van der Waals surface area (Å²) < 4.78 is 5.36. The maximum absolute atomic E-state index is 12.4. The molecular weight excluding hydrogens is 304 g/mol. The SMILES string of the molecule is C#CCCC1(CCC(=O)N(C)Cc2c(C)cc(C)nc2OC)N=N1. The summed E-state index contributed by atoms with van der Waals surface area (Å²) in [5.41, 5.74) is 2.48. The minimum atomic E-state index is -0.415. The minimum absolute atomic E-state index is 0.0504. The van der Waals surface area contributed by atoms with Crippen LogP contribution in [0.25, 0.3) is 0 Å². The predicted molar refractivity (Wildman–Crippen MR) is 91.6 cm³/mol. The number of aryl methyl sites for hydroxylation is 2. The molecule has 0 aromatic carbocycles. The molecule has 2 rings (SSSR count). The molecule has 24 heavy (non-hydrogen) atoms. The molecule has 0 aliphatic carbocycles. The Morgan fingerprint density at radius 2 is 2.08 bits per heavy atom. The van der Waals surface area contributed by atoms with Gasteiger partial charge in [-0.15, -0.1) is 12.3 Å². The molecule has 128 valence electrons. The Kier molecular flexibility index (Phi) is 5.55. The molecule has 0 spiro atoms. The minimum Gasteiger partial charge on any atom is -0.481 e. The van der Waals surface area contributed by atoms with E-state index in [1.165, 1.54) is 0 Å². The molecule has 0 radical (unpaired) electrons. The number of ether oxygens (including phenoxy) is 1. The Hall–Kier alpha value is -2.42. The Labute approximate surface area is 143 Å². The largest absolute Gasteiger partial charge is 0.481 e. The molecule has 2 heterocycles. The number of terminal acetylenes is 1. The van der Waals surface area contributed by atoms with Crippen LogP contribution < -0.4 is 4.74 Å². The highest BCUT2D eigenvalue weighted by molar-refractivity contribution is 5.76. The van der Waals surface area contributed by atoms with Gasteiger partial charge in [0, 0.05) is 44.0 Å². The van der Waals surface area contributed by atoms with Crippen LogP contribution in [0.5, 0.6) is 5.88 Å². The molecule has 6 nitrogen and oxygen atoms in total. The van der Waals surface area contributed by atoms with E-state index in [1.807, 2.05) is 19.9 Å². The normalized spacial score (nSPS) is 14.1. The van der Waals surface area contributed by atoms with E-state index >= 15 is 0 Å². The Morgan fingerprint density at radius 1 is 1.38 bits per heavy atom. The fourth-order valence-corrected chi connectivity index (χ4v) is 2.68. The van der Waals surface area contributed by atoms with Gasteiger partial charge >= 0.3 is 0 Å². The number of hydrogen-bond donors (Lipinski definition) is 0. The van der Waals surface area contributed by atoms with Crippen LogP contribution in [0, 0.1) is 26.2 Å². The third-order valence-electron chi connectivity index (χ3n) is 4.24. The third kappa shape index (κ3) is 4.31. The van der Waals surface area contributed by atoms with E-state index in [9.17, 15) is 4.79 Å². The van der Waals surface area contributed by atoms with Gasteiger partial charge in [0.25, 0.3) is 0 Å². The van der Waals surface area contributed by atoms with E-state index in [2.05, 4.69) is 21.1 Å². The second-order valence-corrected chi connectivity index (χ2v) is 6.20. The van der Waals surface area contributed by atoms with Crippen LogP contribution >= 0.6 is 0 Å². The second kappa shape index (κ2) is 7.43. The quantitative estimate of drug-likeness (QED) is 0.689. The summed E-state index contributed by atoms with van der Waals surface area (Å²) in [6.07, 6.45) is 7.63. The highest BCUT2D eigenvalue weighted by atomic mass is 16.5. The maximum Gasteiger partial charge on any atom is 0.222 e. The summed E-state index contributed by atoms with van der Waals surface area (Å²) in [5.74, 6) is 3.22. The number of rotatable bonds is 8. The number of amides is 1. The zero-order valence-electron chi connectivity index (χ0n) is 14.8. The van der Waals surface area contributed by atoms with Gasteiger partial charge < -0.3 is 9.64 Å². The van der Waals surface area contributed by atoms with E-state index in [4.69, 9.17) is 11.2 Å². The third-order valence-corrected chi connectivity index (χ3v) is 4.24. The summed E-state index contributed by atoms with van der Waals surface area (Å²) in [7, 11) is 3.38. The van der Waals surface area contributed by atoms with Gasteiger partial charge in [-0.3, -0.25) is 4.79 Å². The molecule has 0 atom stereocenters. The summed E-state index contributed by atoms with van der Waals surface area (Å²) in [4.78, 5) is 18.5. The number of pyridine rings is 1. The smallest absolute Gasteiger partial charge is 0.222 e. The van der Waals surface area contributed by atoms with Gasteiger partial charge in [0.1, 0.15) is 0 Å². The molecular formula is C18H24N4O2. The molecule has 1 aliphatic rings. The van der Waals surface area contributed by atoms with Gasteiger partial charge in [-0.1, -0.05) is 0 Å². The number of methoxy groups -OCH3 is 1. The van der Waals surface area contributed by atoms with E-state index in [-0.39, 0.29) is 5.91 Å². The van der Waals surface area contributed by atoms with Crippen molar-refractivity contribution in [1.82, 2.24) is 9.88 Å². The lowest BCUT2D eigenvalue weighted by atomic mass is 10.0. The first-order valence-corrected chi connectivity index (χ1v) is 8.03. The van der Waals surface area contributed by atoms with E-state index in [0.29, 0.717) is 31.7 Å². The van der Waals surface area contributed by atoms with E-state index < -0.39 is 5.66 Å². The van der Waals surface area contributed by atoms with E-state index in [0.717, 1.165) is 23.2 Å². The van der Waals surface area contributed by atoms with Gasteiger partial charge in [-0.05, 0) is 25.5 Å². The Bertz CT molecular complexity index is 685. The standard InChI is InChI=1S/C18H24N4O2/c1-6-7-9-18(20-21-18)10-8-16(23)22(4)12-15-13(2)11-14(3)19-17(15)24-5/h1,11H,7-10,12H2,2-5H3. The van der Waals surface area contributed by atoms with Crippen molar-refractivity contribution in [2.75, 3.05) is 14.2 Å². The topological polar surface area (TPSA) is 67.2 Å². The van der Waals surface area contributed by atoms with Crippen LogP contribution in [0.2, 0.25) is 0 Å². The van der Waals surface area contributed by atoms with Crippen molar-refractivity contribution in [3.8, 4) is 18.2 Å². The van der Waals surface area contributed by atoms with Crippen molar-refractivity contribution in [3.63, 3.8) is 0 Å². The second-order valence-electron chi connectivity index (χ2n) is 6.20. The number of nitrogens with zero attached hydrogens (tertiary/aromatic N) is 4. The summed E-state index contributed by atoms with van der Waals surface area (Å²) in [6, 6.07) is 1.99. The molecule has 0 unspecified atom stereocenters. The molecule has 0 fully saturated rings. The van der Waals surface area contributed by atoms with Crippen molar-refractivity contribution in [3.05, 3.63) is 22.9 Å². The summed E-state index contributed by atoms with van der Waals surface area (Å²) in [6.45, 7) is 4.39. The molecule has 0 N–H and O–H groups in total. The first kappa shape index (κ1) is 17.9. The van der Waals surface area contributed by atoms with Gasteiger partial charge in [0.05, 0.1) is 13.7 Å². The molecule has 0 saturated carbocycles. The number of hydrogen-bond acceptors (Lipinski definition) is 5. The van der Waals surface area contributed by atoms with Gasteiger partial charge in [0.15, 0.2) is 5.66 Å². The Balaban J connectivity index is 1.94. The molecule has 1 aromatic heterocycles. The fraction of sp³-hybridized carbons (Fsp3) is 0.556. The van der Waals surface area contributed by atoms with Crippen molar-refractivity contribution in [2.45, 2.75) is 51.7 Å². The molecule has 0 saturated heterocycles. The molecule has 1 amide bonds. The van der Waals surface area contributed by atoms with Gasteiger partial charge in [-0.25, -0.2) is 4.98 Å². The lowest BCUT2D eigenvalue weighted by Gasteiger charge is -2.21. The average Bonchev–Trinajstić information content (AvgIpc) is 3.33. The van der Waals surface area contributed by atoms with Crippen LogP contribution in [-0.4, -0.2) is 35.6 Å². The zero-order valence-corrected chi connectivity index (χ0v) is 14.8. The molecule has 0 bridgehead atoms. The van der Waals surface area contributed by atoms with Crippen molar-refractivity contribution in [2.24, 2.45) is 10.2 Å². The fourth-order valence-electron chi connectivity index (χ4n) is 2.68. The average molecular weight is 328 g/mol. The molecule has 1 aromatic rings. The van der Waals surface area contributed by atoms with Crippen molar-refractivity contribution in [1.29, 1.82) is 0 Å². The summed E-state index contributed by atoms with van der Waals surface area (Å²) >= 11 is 0. The molecule has 6 heteroatoms. The lowest BCUT2D eigenvalue weighted by Crippen LogP contribution is -2.28. The van der Waals surface area contributed by atoms with Crippen molar-refractivity contribution >= 4 is 5.91 Å². The van der Waals surface area contributed by atoms with Crippen LogP contribution in [0.3, 0.4) is 0 Å². The van der Waals surface area contributed by atoms with Gasteiger partial charge in [0.2, 0.25) is 11.8 Å². The first-order chi connectivity index (χ1) is 11.4. The van der Waals surface area contributed by atoms with Crippen LogP contribution in [0.1, 0.15) is 42.5 Å². The van der Waals surface area contributed by atoms with Gasteiger partial charge in [-0.2, -0.15) is 10.2 Å². The van der Waals surface area contributed by atoms with Crippen molar-refractivity contribution < 1.29 is 9.53 Å². The zero-order chi connectivity index (χ0) is 17.7. The number of aromatic nitrogens is 1. The maximum atomic E-state index is 12.4. The Morgan fingerprint density at radius 3 is 2.67 bits per heavy atom. The first-order valence-electron chi connectivity index (χ1n) is 8.03. The lowest BCUT2D eigenvalue weighted by molar-refractivity contribution is -0.130. The predicted octanol–water partition coefficient (Wildman–Crippen LogP) is 3.02. The monoisotopic (exact) mass is 328 g/mol.